The summed E-state index contributed by atoms with van der Waals surface area (Å²) in [6.45, 7) is 3.80. The fourth-order valence-corrected chi connectivity index (χ4v) is 5.66. The van der Waals surface area contributed by atoms with Crippen LogP contribution >= 0.6 is 0 Å². The minimum Gasteiger partial charge on any atom is -0.379 e. The summed E-state index contributed by atoms with van der Waals surface area (Å²) in [7, 11) is -2.87. The second-order valence-electron chi connectivity index (χ2n) is 7.26. The van der Waals surface area contributed by atoms with Crippen molar-refractivity contribution in [2.75, 3.05) is 46.0 Å². The van der Waals surface area contributed by atoms with Gasteiger partial charge >= 0.3 is 6.18 Å². The number of nitrogens with zero attached hydrogens (tertiary/aromatic N) is 4. The van der Waals surface area contributed by atoms with Gasteiger partial charge in [0.2, 0.25) is 0 Å². The Kier molecular flexibility index (Phi) is 4.54. The molecule has 0 amide bonds. The van der Waals surface area contributed by atoms with E-state index in [1.807, 2.05) is 0 Å². The lowest BCUT2D eigenvalue weighted by Crippen LogP contribution is -2.63. The number of aryl methyl sites for hydroxylation is 1. The Morgan fingerprint density at radius 2 is 1.93 bits per heavy atom. The maximum Gasteiger partial charge on any atom is 0.435 e. The first-order chi connectivity index (χ1) is 12.6. The second kappa shape index (κ2) is 6.41. The first kappa shape index (κ1) is 19.1. The van der Waals surface area contributed by atoms with Gasteiger partial charge < -0.3 is 9.47 Å². The van der Waals surface area contributed by atoms with E-state index in [-0.39, 0.29) is 19.1 Å². The highest BCUT2D eigenvalue weighted by Gasteiger charge is 2.55. The molecule has 3 aliphatic rings. The monoisotopic (exact) mass is 410 g/mol. The maximum atomic E-state index is 12.8. The van der Waals surface area contributed by atoms with E-state index in [4.69, 9.17) is 9.47 Å². The highest BCUT2D eigenvalue weighted by atomic mass is 32.2. The molecule has 0 N–H and O–H groups in total. The third-order valence-electron chi connectivity index (χ3n) is 5.41. The Hall–Kier alpha value is -1.21. The van der Waals surface area contributed by atoms with E-state index < -0.39 is 32.5 Å². The van der Waals surface area contributed by atoms with Gasteiger partial charge in [-0.2, -0.15) is 22.6 Å². The van der Waals surface area contributed by atoms with Crippen molar-refractivity contribution in [1.29, 1.82) is 0 Å². The zero-order valence-electron chi connectivity index (χ0n) is 14.8. The predicted molar refractivity (Wildman–Crippen MR) is 86.4 cm³/mol. The summed E-state index contributed by atoms with van der Waals surface area (Å²) in [5.74, 6) is 0. The highest BCUT2D eigenvalue weighted by Crippen LogP contribution is 2.40. The number of ether oxygens (including phenoxy) is 2. The van der Waals surface area contributed by atoms with Crippen molar-refractivity contribution in [3.05, 3.63) is 11.8 Å². The number of sulfonamides is 1. The summed E-state index contributed by atoms with van der Waals surface area (Å²) >= 11 is 0. The van der Waals surface area contributed by atoms with E-state index in [1.54, 1.807) is 0 Å². The van der Waals surface area contributed by atoms with Gasteiger partial charge in [0.25, 0.3) is 10.0 Å². The first-order valence-corrected chi connectivity index (χ1v) is 10.1. The lowest BCUT2D eigenvalue weighted by molar-refractivity contribution is -0.141. The van der Waals surface area contributed by atoms with Crippen LogP contribution in [-0.4, -0.2) is 85.0 Å². The minimum absolute atomic E-state index is 0.142. The molecule has 4 rings (SSSR count). The molecule has 3 saturated heterocycles. The fourth-order valence-electron chi connectivity index (χ4n) is 3.95. The van der Waals surface area contributed by atoms with Crippen molar-refractivity contribution < 1.29 is 31.1 Å². The van der Waals surface area contributed by atoms with Crippen molar-refractivity contribution in [3.63, 3.8) is 0 Å². The van der Waals surface area contributed by atoms with Gasteiger partial charge in [-0.1, -0.05) is 0 Å². The first-order valence-electron chi connectivity index (χ1n) is 8.68. The van der Waals surface area contributed by atoms with Gasteiger partial charge in [0.15, 0.2) is 10.7 Å². The van der Waals surface area contributed by atoms with Crippen LogP contribution in [0.4, 0.5) is 13.2 Å². The lowest BCUT2D eigenvalue weighted by Gasteiger charge is -2.46. The summed E-state index contributed by atoms with van der Waals surface area (Å²) in [4.78, 5) is 2.28. The summed E-state index contributed by atoms with van der Waals surface area (Å²) in [5.41, 5.74) is -1.77. The number of rotatable bonds is 3. The fraction of sp³-hybridized carbons (Fsp3) is 0.800. The van der Waals surface area contributed by atoms with Gasteiger partial charge in [-0.25, -0.2) is 8.42 Å². The molecule has 1 atom stereocenters. The normalized spacial score (nSPS) is 27.2. The molecule has 1 aromatic heterocycles. The van der Waals surface area contributed by atoms with Gasteiger partial charge in [-0.3, -0.25) is 9.58 Å². The van der Waals surface area contributed by atoms with Crippen LogP contribution < -0.4 is 0 Å². The molecule has 1 aromatic rings. The van der Waals surface area contributed by atoms with Crippen LogP contribution in [-0.2, 0) is 32.7 Å². The Balaban J connectivity index is 1.44. The molecule has 8 nitrogen and oxygen atoms in total. The summed E-state index contributed by atoms with van der Waals surface area (Å²) in [6.07, 6.45) is -3.99. The van der Waals surface area contributed by atoms with E-state index in [1.165, 1.54) is 7.05 Å². The lowest BCUT2D eigenvalue weighted by atomic mass is 9.91. The number of alkyl halides is 3. The van der Waals surface area contributed by atoms with Gasteiger partial charge in [-0.15, -0.1) is 0 Å². The van der Waals surface area contributed by atoms with E-state index in [9.17, 15) is 21.6 Å². The molecule has 12 heteroatoms. The SMILES string of the molecule is Cn1nc(C(F)(F)F)cc1S(=O)(=O)N1CC2(CC(N3CCOCC3)CO2)C1. The molecular weight excluding hydrogens is 389 g/mol. The molecule has 0 radical (unpaired) electrons. The molecule has 0 saturated carbocycles. The van der Waals surface area contributed by atoms with Gasteiger partial charge in [0, 0.05) is 45.3 Å². The quantitative estimate of drug-likeness (QED) is 0.714. The Morgan fingerprint density at radius 1 is 1.26 bits per heavy atom. The smallest absolute Gasteiger partial charge is 0.379 e. The van der Waals surface area contributed by atoms with Crippen LogP contribution in [0.5, 0.6) is 0 Å². The second-order valence-corrected chi connectivity index (χ2v) is 9.15. The molecule has 0 aromatic carbocycles. The number of hydrogen-bond donors (Lipinski definition) is 0. The molecule has 1 unspecified atom stereocenters. The average Bonchev–Trinajstić information content (AvgIpc) is 3.18. The zero-order valence-corrected chi connectivity index (χ0v) is 15.6. The van der Waals surface area contributed by atoms with Crippen molar-refractivity contribution in [2.24, 2.45) is 7.05 Å². The van der Waals surface area contributed by atoms with Gasteiger partial charge in [0.1, 0.15) is 0 Å². The molecule has 27 heavy (non-hydrogen) atoms. The predicted octanol–water partition coefficient (Wildman–Crippen LogP) is 0.303. The molecule has 1 spiro atoms. The largest absolute Gasteiger partial charge is 0.435 e. The van der Waals surface area contributed by atoms with Crippen LogP contribution in [0.2, 0.25) is 0 Å². The topological polar surface area (TPSA) is 76.9 Å². The summed E-state index contributed by atoms with van der Waals surface area (Å²) in [5, 5.41) is 2.82. The van der Waals surface area contributed by atoms with Crippen LogP contribution in [0, 0.1) is 0 Å². The maximum absolute atomic E-state index is 12.8. The molecule has 3 aliphatic heterocycles. The van der Waals surface area contributed by atoms with Crippen molar-refractivity contribution in [2.45, 2.75) is 29.3 Å². The molecule has 152 valence electrons. The van der Waals surface area contributed by atoms with Gasteiger partial charge in [0.05, 0.1) is 25.4 Å². The van der Waals surface area contributed by atoms with E-state index in [0.717, 1.165) is 22.1 Å². The number of halogens is 3. The third kappa shape index (κ3) is 3.37. The average molecular weight is 410 g/mol. The summed E-state index contributed by atoms with van der Waals surface area (Å²) in [6, 6.07) is 0.791. The zero-order chi connectivity index (χ0) is 19.4. The number of hydrogen-bond acceptors (Lipinski definition) is 6. The standard InChI is InChI=1S/C15H21F3N4O4S/c1-20-13(6-12(19-20)15(16,17)18)27(23,24)22-9-14(10-22)7-11(8-26-14)21-2-4-25-5-3-21/h6,11H,2-5,7-10H2,1H3. The molecule has 3 fully saturated rings. The Labute approximate surface area is 154 Å². The molecular formula is C15H21F3N4O4S. The third-order valence-corrected chi connectivity index (χ3v) is 7.26. The Bertz CT molecular complexity index is 814. The Morgan fingerprint density at radius 3 is 2.52 bits per heavy atom. The van der Waals surface area contributed by atoms with E-state index >= 15 is 0 Å². The highest BCUT2D eigenvalue weighted by molar-refractivity contribution is 7.89. The van der Waals surface area contributed by atoms with Crippen LogP contribution in [0.15, 0.2) is 11.1 Å². The van der Waals surface area contributed by atoms with Crippen LogP contribution in [0.3, 0.4) is 0 Å². The molecule has 4 heterocycles. The summed E-state index contributed by atoms with van der Waals surface area (Å²) < 4.78 is 77.0. The molecule has 0 aliphatic carbocycles. The van der Waals surface area contributed by atoms with Crippen LogP contribution in [0.25, 0.3) is 0 Å². The minimum atomic E-state index is -4.69. The number of morpholine rings is 1. The van der Waals surface area contributed by atoms with Crippen molar-refractivity contribution in [1.82, 2.24) is 19.0 Å². The van der Waals surface area contributed by atoms with Crippen molar-refractivity contribution in [3.8, 4) is 0 Å². The van der Waals surface area contributed by atoms with E-state index in [2.05, 4.69) is 10.00 Å². The van der Waals surface area contributed by atoms with E-state index in [0.29, 0.717) is 32.3 Å². The molecule has 0 bridgehead atoms. The van der Waals surface area contributed by atoms with Crippen molar-refractivity contribution >= 4 is 10.0 Å². The van der Waals surface area contributed by atoms with Crippen LogP contribution in [0.1, 0.15) is 12.1 Å². The van der Waals surface area contributed by atoms with Gasteiger partial charge in [-0.05, 0) is 6.42 Å². The number of aromatic nitrogens is 2.